The Kier molecular flexibility index (Phi) is 13.7. The number of hydrogen-bond donors (Lipinski definition) is 0. The second kappa shape index (κ2) is 15.9. The molecule has 0 bridgehead atoms. The van der Waals surface area contributed by atoms with Crippen molar-refractivity contribution < 1.29 is 9.53 Å². The van der Waals surface area contributed by atoms with Crippen LogP contribution >= 0.6 is 0 Å². The van der Waals surface area contributed by atoms with E-state index in [0.29, 0.717) is 13.0 Å². The first-order valence-corrected chi connectivity index (χ1v) is 10.2. The van der Waals surface area contributed by atoms with Gasteiger partial charge in [0.25, 0.3) is 0 Å². The predicted molar refractivity (Wildman–Crippen MR) is 107 cm³/mol. The van der Waals surface area contributed by atoms with Crippen molar-refractivity contribution in [1.82, 2.24) is 0 Å². The average Bonchev–Trinajstić information content (AvgIpc) is 2.64. The van der Waals surface area contributed by atoms with Gasteiger partial charge in [-0.1, -0.05) is 81.5 Å². The van der Waals surface area contributed by atoms with Crippen LogP contribution < -0.4 is 0 Å². The van der Waals surface area contributed by atoms with Crippen LogP contribution in [0.4, 0.5) is 0 Å². The van der Waals surface area contributed by atoms with Gasteiger partial charge in [0.1, 0.15) is 0 Å². The molecule has 0 saturated heterocycles. The summed E-state index contributed by atoms with van der Waals surface area (Å²) in [7, 11) is 0. The number of aryl methyl sites for hydroxylation is 1. The lowest BCUT2D eigenvalue weighted by molar-refractivity contribution is -0.143. The summed E-state index contributed by atoms with van der Waals surface area (Å²) in [5.41, 5.74) is 1.30. The van der Waals surface area contributed by atoms with Crippen LogP contribution in [0.25, 0.3) is 0 Å². The van der Waals surface area contributed by atoms with Crippen molar-refractivity contribution in [3.63, 3.8) is 0 Å². The van der Waals surface area contributed by atoms with E-state index in [4.69, 9.17) is 4.74 Å². The van der Waals surface area contributed by atoms with Crippen molar-refractivity contribution in [3.8, 4) is 0 Å². The molecule has 0 saturated carbocycles. The Hall–Kier alpha value is -1.57. The van der Waals surface area contributed by atoms with E-state index in [-0.39, 0.29) is 5.97 Å². The molecule has 2 nitrogen and oxygen atoms in total. The van der Waals surface area contributed by atoms with Gasteiger partial charge in [-0.05, 0) is 44.1 Å². The maximum absolute atomic E-state index is 11.7. The van der Waals surface area contributed by atoms with Gasteiger partial charge in [-0.3, -0.25) is 4.79 Å². The van der Waals surface area contributed by atoms with E-state index >= 15 is 0 Å². The van der Waals surface area contributed by atoms with Crippen LogP contribution in [0.15, 0.2) is 42.5 Å². The summed E-state index contributed by atoms with van der Waals surface area (Å²) in [6, 6.07) is 10.3. The van der Waals surface area contributed by atoms with Gasteiger partial charge in [0.05, 0.1) is 6.61 Å². The average molecular weight is 345 g/mol. The predicted octanol–water partition coefficient (Wildman–Crippen LogP) is 6.64. The highest BCUT2D eigenvalue weighted by Crippen LogP contribution is 2.09. The first kappa shape index (κ1) is 21.5. The van der Waals surface area contributed by atoms with E-state index in [9.17, 15) is 4.79 Å². The number of allylic oxidation sites excluding steroid dienone is 2. The van der Waals surface area contributed by atoms with Gasteiger partial charge in [0.2, 0.25) is 0 Å². The van der Waals surface area contributed by atoms with Gasteiger partial charge < -0.3 is 4.74 Å². The van der Waals surface area contributed by atoms with Crippen molar-refractivity contribution in [2.45, 2.75) is 84.0 Å². The fourth-order valence-corrected chi connectivity index (χ4v) is 2.80. The molecule has 0 aliphatic carbocycles. The van der Waals surface area contributed by atoms with E-state index in [1.165, 1.54) is 50.5 Å². The number of benzene rings is 1. The number of hydrogen-bond acceptors (Lipinski definition) is 2. The van der Waals surface area contributed by atoms with Crippen LogP contribution in [0.1, 0.15) is 83.1 Å². The molecule has 1 aromatic carbocycles. The smallest absolute Gasteiger partial charge is 0.305 e. The summed E-state index contributed by atoms with van der Waals surface area (Å²) >= 11 is 0. The first-order valence-electron chi connectivity index (χ1n) is 10.2. The lowest BCUT2D eigenvalue weighted by Crippen LogP contribution is -2.06. The van der Waals surface area contributed by atoms with Crippen molar-refractivity contribution in [1.29, 1.82) is 0 Å². The molecule has 0 aliphatic heterocycles. The molecule has 0 atom stereocenters. The summed E-state index contributed by atoms with van der Waals surface area (Å²) in [4.78, 5) is 11.7. The molecule has 0 unspecified atom stereocenters. The van der Waals surface area contributed by atoms with E-state index in [1.807, 2.05) is 18.2 Å². The largest absolute Gasteiger partial charge is 0.466 e. The summed E-state index contributed by atoms with van der Waals surface area (Å²) < 4.78 is 5.31. The van der Waals surface area contributed by atoms with Crippen molar-refractivity contribution in [2.24, 2.45) is 0 Å². The molecule has 140 valence electrons. The minimum Gasteiger partial charge on any atom is -0.466 e. The van der Waals surface area contributed by atoms with Gasteiger partial charge in [0.15, 0.2) is 0 Å². The third kappa shape index (κ3) is 13.4. The molecular formula is C23H36O2. The number of unbranched alkanes of at least 4 members (excludes halogenated alkanes) is 7. The standard InChI is InChI=1S/C23H36O2/c1-2-3-4-5-6-7-8-9-10-11-15-20-23(24)25-21-16-19-22-17-13-12-14-18-22/h5-6,12-14,17-18H,2-4,7-11,15-16,19-21H2,1H3/b6-5-. The Morgan fingerprint density at radius 1 is 0.880 bits per heavy atom. The maximum Gasteiger partial charge on any atom is 0.305 e. The molecule has 1 aromatic rings. The second-order valence-corrected chi connectivity index (χ2v) is 6.73. The van der Waals surface area contributed by atoms with Gasteiger partial charge in [-0.15, -0.1) is 0 Å². The molecule has 1 rings (SSSR count). The Bertz CT molecular complexity index is 450. The molecule has 0 spiro atoms. The fraction of sp³-hybridized carbons (Fsp3) is 0.609. The molecule has 0 N–H and O–H groups in total. The lowest BCUT2D eigenvalue weighted by atomic mass is 10.1. The quantitative estimate of drug-likeness (QED) is 0.202. The van der Waals surface area contributed by atoms with Gasteiger partial charge in [-0.2, -0.15) is 0 Å². The summed E-state index contributed by atoms with van der Waals surface area (Å²) in [5.74, 6) is -0.0353. The third-order valence-electron chi connectivity index (χ3n) is 4.36. The number of carbonyl (C=O) groups is 1. The Balaban J connectivity index is 1.85. The number of esters is 1. The van der Waals surface area contributed by atoms with Crippen LogP contribution in [0.3, 0.4) is 0 Å². The monoisotopic (exact) mass is 344 g/mol. The molecule has 0 heterocycles. The van der Waals surface area contributed by atoms with Crippen molar-refractivity contribution in [3.05, 3.63) is 48.0 Å². The van der Waals surface area contributed by atoms with Crippen LogP contribution in [0.5, 0.6) is 0 Å². The van der Waals surface area contributed by atoms with Crippen LogP contribution in [-0.2, 0) is 16.0 Å². The SMILES string of the molecule is CCCC/C=C\CCCCCCCC(=O)OCCCc1ccccc1. The zero-order valence-corrected chi connectivity index (χ0v) is 16.1. The zero-order chi connectivity index (χ0) is 18.0. The summed E-state index contributed by atoms with van der Waals surface area (Å²) in [5, 5.41) is 0. The highest BCUT2D eigenvalue weighted by molar-refractivity contribution is 5.69. The van der Waals surface area contributed by atoms with E-state index in [0.717, 1.165) is 25.7 Å². The molecule has 0 aliphatic rings. The molecule has 0 fully saturated rings. The van der Waals surface area contributed by atoms with Crippen LogP contribution in [-0.4, -0.2) is 12.6 Å². The topological polar surface area (TPSA) is 26.3 Å². The minimum atomic E-state index is -0.0353. The first-order chi connectivity index (χ1) is 12.3. The van der Waals surface area contributed by atoms with E-state index in [2.05, 4.69) is 31.2 Å². The van der Waals surface area contributed by atoms with E-state index < -0.39 is 0 Å². The van der Waals surface area contributed by atoms with Gasteiger partial charge in [-0.25, -0.2) is 0 Å². The minimum absolute atomic E-state index is 0.0353. The van der Waals surface area contributed by atoms with Gasteiger partial charge >= 0.3 is 5.97 Å². The lowest BCUT2D eigenvalue weighted by Gasteiger charge is -2.05. The summed E-state index contributed by atoms with van der Waals surface area (Å²) in [6.07, 6.45) is 18.0. The highest BCUT2D eigenvalue weighted by atomic mass is 16.5. The Morgan fingerprint density at radius 3 is 2.32 bits per heavy atom. The fourth-order valence-electron chi connectivity index (χ4n) is 2.80. The molecule has 0 amide bonds. The van der Waals surface area contributed by atoms with E-state index in [1.54, 1.807) is 0 Å². The Morgan fingerprint density at radius 2 is 1.56 bits per heavy atom. The van der Waals surface area contributed by atoms with Crippen LogP contribution in [0, 0.1) is 0 Å². The third-order valence-corrected chi connectivity index (χ3v) is 4.36. The molecule has 2 heteroatoms. The highest BCUT2D eigenvalue weighted by Gasteiger charge is 2.02. The number of ether oxygens (including phenoxy) is 1. The normalized spacial score (nSPS) is 11.1. The zero-order valence-electron chi connectivity index (χ0n) is 16.1. The Labute approximate surface area is 154 Å². The van der Waals surface area contributed by atoms with Crippen LogP contribution in [0.2, 0.25) is 0 Å². The molecule has 25 heavy (non-hydrogen) atoms. The molecule has 0 aromatic heterocycles. The van der Waals surface area contributed by atoms with Gasteiger partial charge in [0, 0.05) is 6.42 Å². The van der Waals surface area contributed by atoms with Crippen molar-refractivity contribution >= 4 is 5.97 Å². The van der Waals surface area contributed by atoms with Crippen molar-refractivity contribution in [2.75, 3.05) is 6.61 Å². The number of carbonyl (C=O) groups excluding carboxylic acids is 1. The number of rotatable bonds is 15. The molecular weight excluding hydrogens is 308 g/mol. The summed E-state index contributed by atoms with van der Waals surface area (Å²) in [6.45, 7) is 2.77. The molecule has 0 radical (unpaired) electrons. The maximum atomic E-state index is 11.7. The second-order valence-electron chi connectivity index (χ2n) is 6.73.